The summed E-state index contributed by atoms with van der Waals surface area (Å²) in [5.41, 5.74) is -1.33. The van der Waals surface area contributed by atoms with Gasteiger partial charge in [-0.25, -0.2) is 19.7 Å². The molecule has 2 atom stereocenters. The van der Waals surface area contributed by atoms with Crippen LogP contribution < -0.4 is 19.9 Å². The maximum atomic E-state index is 13.7. The van der Waals surface area contributed by atoms with Crippen molar-refractivity contribution in [2.45, 2.75) is 76.8 Å². The zero-order valence-corrected chi connectivity index (χ0v) is 28.0. The lowest BCUT2D eigenvalue weighted by atomic mass is 9.93. The minimum Gasteiger partial charge on any atom is -0.481 e. The number of methoxy groups -OCH3 is 1. The average Bonchev–Trinajstić information content (AvgIpc) is 3.09. The highest BCUT2D eigenvalue weighted by molar-refractivity contribution is 5.90. The molecule has 2 aliphatic rings. The number of amides is 1. The van der Waals surface area contributed by atoms with E-state index in [-0.39, 0.29) is 42.3 Å². The summed E-state index contributed by atoms with van der Waals surface area (Å²) in [6.45, 7) is 5.90. The number of rotatable bonds is 11. The molecule has 1 fully saturated rings. The fourth-order valence-electron chi connectivity index (χ4n) is 6.16. The number of carbonyl (C=O) groups excluding carboxylic acids is 1. The average molecular weight is 711 g/mol. The molecule has 3 aromatic rings. The Kier molecular flexibility index (Phi) is 11.6. The normalized spacial score (nSPS) is 18.1. The van der Waals surface area contributed by atoms with Crippen molar-refractivity contribution in [3.8, 4) is 5.88 Å². The van der Waals surface area contributed by atoms with E-state index in [1.165, 1.54) is 13.3 Å². The highest BCUT2D eigenvalue weighted by atomic mass is 19.4. The van der Waals surface area contributed by atoms with Crippen LogP contribution in [-0.2, 0) is 28.2 Å². The number of unbranched alkanes of at least 4 members (excludes halogenated alkanes) is 2. The Balaban J connectivity index is 1.51. The summed E-state index contributed by atoms with van der Waals surface area (Å²) in [6.07, 6.45) is -5.71. The number of fused-ring (bicyclic) bond motifs is 1. The first-order valence-corrected chi connectivity index (χ1v) is 16.6. The van der Waals surface area contributed by atoms with Crippen LogP contribution in [0.5, 0.6) is 5.88 Å². The zero-order chi connectivity index (χ0) is 36.1. The van der Waals surface area contributed by atoms with Gasteiger partial charge in [0.2, 0.25) is 11.8 Å². The Bertz CT molecular complexity index is 1600. The molecule has 1 N–H and O–H groups in total. The molecule has 1 amide bonds. The van der Waals surface area contributed by atoms with Gasteiger partial charge in [-0.3, -0.25) is 4.90 Å². The Hall–Kier alpha value is -4.34. The van der Waals surface area contributed by atoms with Crippen LogP contribution in [0.1, 0.15) is 80.1 Å². The Morgan fingerprint density at radius 2 is 1.68 bits per heavy atom. The standard InChI is InChI=1S/C34H40F6N6O4/c1-4-6-7-12-50-32(47)46-24(5-2)19-26(30-27(46)8-9-29(44-30)48-3)43-31-41-20-28(45-10-13-49-14-11-45)25(42-31)17-21-15-22(33(35,36)37)18-23(16-21)34(38,39)40/h8-9,15-16,18,20,24,26H,4-7,10-14,17,19H2,1-3H3,(H,41,42,43)/t24-,26+/m1/s1. The van der Waals surface area contributed by atoms with Gasteiger partial charge >= 0.3 is 18.4 Å². The molecule has 1 aromatic carbocycles. The number of hydrogen-bond donors (Lipinski definition) is 1. The minimum absolute atomic E-state index is 0.0889. The highest BCUT2D eigenvalue weighted by Gasteiger charge is 2.39. The molecule has 2 aliphatic heterocycles. The van der Waals surface area contributed by atoms with Gasteiger partial charge in [0, 0.05) is 31.6 Å². The summed E-state index contributed by atoms with van der Waals surface area (Å²) in [6, 6.07) is 4.06. The second kappa shape index (κ2) is 15.7. The van der Waals surface area contributed by atoms with Crippen molar-refractivity contribution < 1.29 is 45.3 Å². The number of aromatic nitrogens is 3. The first-order chi connectivity index (χ1) is 23.8. The summed E-state index contributed by atoms with van der Waals surface area (Å²) in [7, 11) is 1.46. The highest BCUT2D eigenvalue weighted by Crippen LogP contribution is 2.41. The SMILES string of the molecule is CCCCCOC(=O)N1c2ccc(OC)nc2[C@@H](Nc2ncc(N3CCOCC3)c(Cc3cc(C(F)(F)F)cc(C(F)(F)F)c3)n2)C[C@H]1CC. The number of carbonyl (C=O) groups is 1. The van der Waals surface area contributed by atoms with E-state index < -0.39 is 35.6 Å². The van der Waals surface area contributed by atoms with E-state index in [9.17, 15) is 31.1 Å². The zero-order valence-electron chi connectivity index (χ0n) is 28.0. The van der Waals surface area contributed by atoms with Crippen LogP contribution >= 0.6 is 0 Å². The smallest absolute Gasteiger partial charge is 0.416 e. The van der Waals surface area contributed by atoms with Crippen LogP contribution in [0, 0.1) is 0 Å². The summed E-state index contributed by atoms with van der Waals surface area (Å²) < 4.78 is 98.6. The topological polar surface area (TPSA) is 102 Å². The lowest BCUT2D eigenvalue weighted by Gasteiger charge is -2.39. The molecule has 4 heterocycles. The fourth-order valence-corrected chi connectivity index (χ4v) is 6.16. The second-order valence-corrected chi connectivity index (χ2v) is 12.2. The molecule has 0 spiro atoms. The van der Waals surface area contributed by atoms with E-state index >= 15 is 0 Å². The van der Waals surface area contributed by atoms with Gasteiger partial charge in [0.1, 0.15) is 0 Å². The Morgan fingerprint density at radius 3 is 2.30 bits per heavy atom. The number of ether oxygens (including phenoxy) is 3. The summed E-state index contributed by atoms with van der Waals surface area (Å²) >= 11 is 0. The lowest BCUT2D eigenvalue weighted by molar-refractivity contribution is -0.143. The van der Waals surface area contributed by atoms with E-state index in [1.54, 1.807) is 17.0 Å². The fraction of sp³-hybridized carbons (Fsp3) is 0.529. The van der Waals surface area contributed by atoms with Crippen molar-refractivity contribution in [2.75, 3.05) is 55.1 Å². The van der Waals surface area contributed by atoms with Crippen molar-refractivity contribution in [3.05, 3.63) is 64.6 Å². The molecule has 0 radical (unpaired) electrons. The van der Waals surface area contributed by atoms with Gasteiger partial charge in [-0.15, -0.1) is 0 Å². The maximum absolute atomic E-state index is 13.7. The van der Waals surface area contributed by atoms with E-state index in [1.807, 2.05) is 11.8 Å². The van der Waals surface area contributed by atoms with Crippen LogP contribution in [0.25, 0.3) is 0 Å². The van der Waals surface area contributed by atoms with Crippen molar-refractivity contribution in [1.82, 2.24) is 15.0 Å². The molecule has 5 rings (SSSR count). The van der Waals surface area contributed by atoms with Crippen LogP contribution in [0.2, 0.25) is 0 Å². The van der Waals surface area contributed by atoms with Gasteiger partial charge < -0.3 is 24.4 Å². The monoisotopic (exact) mass is 710 g/mol. The predicted molar refractivity (Wildman–Crippen MR) is 174 cm³/mol. The van der Waals surface area contributed by atoms with Gasteiger partial charge in [0.05, 0.1) is 73.1 Å². The second-order valence-electron chi connectivity index (χ2n) is 12.2. The van der Waals surface area contributed by atoms with E-state index in [0.29, 0.717) is 74.2 Å². The summed E-state index contributed by atoms with van der Waals surface area (Å²) in [5.74, 6) is 0.391. The van der Waals surface area contributed by atoms with Crippen LogP contribution in [-0.4, -0.2) is 67.1 Å². The molecule has 2 aromatic heterocycles. The molecule has 0 aliphatic carbocycles. The molecule has 16 heteroatoms. The third-order valence-corrected chi connectivity index (χ3v) is 8.71. The molecule has 272 valence electrons. The summed E-state index contributed by atoms with van der Waals surface area (Å²) in [4.78, 5) is 30.6. The van der Waals surface area contributed by atoms with Gasteiger partial charge in [-0.2, -0.15) is 26.3 Å². The summed E-state index contributed by atoms with van der Waals surface area (Å²) in [5, 5.41) is 3.28. The molecule has 0 saturated carbocycles. The van der Waals surface area contributed by atoms with Gasteiger partial charge in [0.15, 0.2) is 0 Å². The first kappa shape index (κ1) is 36.9. The number of alkyl halides is 6. The largest absolute Gasteiger partial charge is 0.481 e. The van der Waals surface area contributed by atoms with Crippen molar-refractivity contribution >= 4 is 23.4 Å². The van der Waals surface area contributed by atoms with E-state index in [0.717, 1.165) is 19.3 Å². The molecule has 0 unspecified atom stereocenters. The van der Waals surface area contributed by atoms with Crippen molar-refractivity contribution in [1.29, 1.82) is 0 Å². The van der Waals surface area contributed by atoms with Crippen LogP contribution in [0.4, 0.5) is 48.5 Å². The number of anilines is 3. The van der Waals surface area contributed by atoms with Crippen LogP contribution in [0.15, 0.2) is 36.5 Å². The van der Waals surface area contributed by atoms with Crippen molar-refractivity contribution in [2.24, 2.45) is 0 Å². The quantitative estimate of drug-likeness (QED) is 0.158. The number of hydrogen-bond acceptors (Lipinski definition) is 9. The number of morpholine rings is 1. The number of benzene rings is 1. The molecular formula is C34H40F6N6O4. The van der Waals surface area contributed by atoms with Gasteiger partial charge in [0.25, 0.3) is 0 Å². The predicted octanol–water partition coefficient (Wildman–Crippen LogP) is 7.81. The lowest BCUT2D eigenvalue weighted by Crippen LogP contribution is -2.46. The van der Waals surface area contributed by atoms with E-state index in [4.69, 9.17) is 14.2 Å². The van der Waals surface area contributed by atoms with Crippen molar-refractivity contribution in [3.63, 3.8) is 0 Å². The van der Waals surface area contributed by atoms with E-state index in [2.05, 4.69) is 27.2 Å². The van der Waals surface area contributed by atoms with Gasteiger partial charge in [-0.05, 0) is 49.1 Å². The van der Waals surface area contributed by atoms with Crippen LogP contribution in [0.3, 0.4) is 0 Å². The number of nitrogens with zero attached hydrogens (tertiary/aromatic N) is 5. The number of halogens is 6. The molecule has 50 heavy (non-hydrogen) atoms. The Morgan fingerprint density at radius 1 is 0.980 bits per heavy atom. The number of pyridine rings is 1. The third-order valence-electron chi connectivity index (χ3n) is 8.71. The molecule has 0 bridgehead atoms. The molecule has 1 saturated heterocycles. The third kappa shape index (κ3) is 8.68. The number of nitrogens with one attached hydrogen (secondary N) is 1. The molecule has 10 nitrogen and oxygen atoms in total. The minimum atomic E-state index is -4.99. The van der Waals surface area contributed by atoms with Gasteiger partial charge in [-0.1, -0.05) is 26.7 Å². The Labute approximate surface area is 286 Å². The maximum Gasteiger partial charge on any atom is 0.416 e. The molecular weight excluding hydrogens is 670 g/mol. The first-order valence-electron chi connectivity index (χ1n) is 16.6.